The molecule has 0 radical (unpaired) electrons. The number of rotatable bonds is 2. The normalized spacial score (nSPS) is 23.1. The molecule has 0 spiro atoms. The minimum atomic E-state index is -0.516. The molecule has 2 amide bonds. The molecule has 1 saturated heterocycles. The van der Waals surface area contributed by atoms with Crippen LogP contribution in [0.3, 0.4) is 0 Å². The number of ether oxygens (including phenoxy) is 1. The summed E-state index contributed by atoms with van der Waals surface area (Å²) in [6.07, 6.45) is 4.48. The number of carbonyl (C=O) groups excluding carboxylic acids is 2. The zero-order valence-corrected chi connectivity index (χ0v) is 16.1. The molecular formula is C21H30N2O3. The van der Waals surface area contributed by atoms with E-state index in [0.717, 1.165) is 32.1 Å². The Morgan fingerprint density at radius 1 is 1.15 bits per heavy atom. The second kappa shape index (κ2) is 7.68. The SMILES string of the molecule is CC(C)(C)OC(=O)N1CCC[C@H](C(=O)N[C@@H]2CCCc3ccccc32)C1. The van der Waals surface area contributed by atoms with Gasteiger partial charge >= 0.3 is 6.09 Å². The smallest absolute Gasteiger partial charge is 0.410 e. The summed E-state index contributed by atoms with van der Waals surface area (Å²) >= 11 is 0. The molecule has 0 saturated carbocycles. The second-order valence-corrected chi connectivity index (χ2v) is 8.42. The predicted molar refractivity (Wildman–Crippen MR) is 101 cm³/mol. The lowest BCUT2D eigenvalue weighted by Gasteiger charge is -2.34. The molecule has 0 aromatic heterocycles. The monoisotopic (exact) mass is 358 g/mol. The van der Waals surface area contributed by atoms with Crippen molar-refractivity contribution in [2.45, 2.75) is 64.5 Å². The number of nitrogens with one attached hydrogen (secondary N) is 1. The van der Waals surface area contributed by atoms with Crippen LogP contribution >= 0.6 is 0 Å². The first-order valence-corrected chi connectivity index (χ1v) is 9.69. The van der Waals surface area contributed by atoms with Gasteiger partial charge in [0.2, 0.25) is 5.91 Å². The first-order chi connectivity index (χ1) is 12.3. The number of fused-ring (bicyclic) bond motifs is 1. The van der Waals surface area contributed by atoms with E-state index >= 15 is 0 Å². The highest BCUT2D eigenvalue weighted by Crippen LogP contribution is 2.30. The summed E-state index contributed by atoms with van der Waals surface area (Å²) in [4.78, 5) is 26.8. The van der Waals surface area contributed by atoms with E-state index in [1.807, 2.05) is 26.8 Å². The van der Waals surface area contributed by atoms with Gasteiger partial charge in [0.1, 0.15) is 5.60 Å². The topological polar surface area (TPSA) is 58.6 Å². The van der Waals surface area contributed by atoms with Crippen molar-refractivity contribution in [3.05, 3.63) is 35.4 Å². The van der Waals surface area contributed by atoms with E-state index < -0.39 is 5.60 Å². The zero-order chi connectivity index (χ0) is 18.7. The molecule has 5 nitrogen and oxygen atoms in total. The van der Waals surface area contributed by atoms with Crippen LogP contribution in [-0.2, 0) is 16.0 Å². The average Bonchev–Trinajstić information content (AvgIpc) is 2.61. The van der Waals surface area contributed by atoms with Crippen LogP contribution in [-0.4, -0.2) is 35.6 Å². The summed E-state index contributed by atoms with van der Waals surface area (Å²) < 4.78 is 5.46. The van der Waals surface area contributed by atoms with E-state index in [1.165, 1.54) is 11.1 Å². The summed E-state index contributed by atoms with van der Waals surface area (Å²) in [5.74, 6) is -0.106. The van der Waals surface area contributed by atoms with Crippen LogP contribution in [0.15, 0.2) is 24.3 Å². The molecule has 1 aromatic carbocycles. The molecule has 2 atom stereocenters. The lowest BCUT2D eigenvalue weighted by molar-refractivity contribution is -0.127. The molecule has 1 aromatic rings. The summed E-state index contributed by atoms with van der Waals surface area (Å²) in [5, 5.41) is 3.23. The summed E-state index contributed by atoms with van der Waals surface area (Å²) in [5.41, 5.74) is 2.06. The molecule has 0 unspecified atom stereocenters. The number of nitrogens with zero attached hydrogens (tertiary/aromatic N) is 1. The maximum absolute atomic E-state index is 12.8. The first kappa shape index (κ1) is 18.7. The lowest BCUT2D eigenvalue weighted by Crippen LogP contribution is -2.47. The Morgan fingerprint density at radius 3 is 2.69 bits per heavy atom. The summed E-state index contributed by atoms with van der Waals surface area (Å²) in [6.45, 7) is 6.68. The van der Waals surface area contributed by atoms with Crippen LogP contribution < -0.4 is 5.32 Å². The Bertz CT molecular complexity index is 665. The number of likely N-dealkylation sites (tertiary alicyclic amines) is 1. The first-order valence-electron chi connectivity index (χ1n) is 9.69. The number of carbonyl (C=O) groups is 2. The second-order valence-electron chi connectivity index (χ2n) is 8.42. The fraction of sp³-hybridized carbons (Fsp3) is 0.619. The number of aryl methyl sites for hydroxylation is 1. The molecular weight excluding hydrogens is 328 g/mol. The minimum Gasteiger partial charge on any atom is -0.444 e. The fourth-order valence-corrected chi connectivity index (χ4v) is 3.88. The van der Waals surface area contributed by atoms with E-state index in [0.29, 0.717) is 13.1 Å². The van der Waals surface area contributed by atoms with E-state index in [2.05, 4.69) is 23.5 Å². The molecule has 1 heterocycles. The molecule has 142 valence electrons. The maximum atomic E-state index is 12.8. The van der Waals surface area contributed by atoms with Gasteiger partial charge in [0.15, 0.2) is 0 Å². The van der Waals surface area contributed by atoms with Crippen molar-refractivity contribution in [1.29, 1.82) is 0 Å². The van der Waals surface area contributed by atoms with Gasteiger partial charge in [-0.15, -0.1) is 0 Å². The van der Waals surface area contributed by atoms with Crippen LogP contribution in [0, 0.1) is 5.92 Å². The summed E-state index contributed by atoms with van der Waals surface area (Å²) in [6, 6.07) is 8.45. The van der Waals surface area contributed by atoms with Crippen molar-refractivity contribution in [2.24, 2.45) is 5.92 Å². The van der Waals surface area contributed by atoms with Crippen LogP contribution in [0.25, 0.3) is 0 Å². The Balaban J connectivity index is 1.61. The van der Waals surface area contributed by atoms with Gasteiger partial charge in [0.25, 0.3) is 0 Å². The van der Waals surface area contributed by atoms with Gasteiger partial charge < -0.3 is 15.0 Å². The Hall–Kier alpha value is -2.04. The third-order valence-electron chi connectivity index (χ3n) is 5.13. The number of benzene rings is 1. The Morgan fingerprint density at radius 2 is 1.92 bits per heavy atom. The third-order valence-corrected chi connectivity index (χ3v) is 5.13. The molecule has 3 rings (SSSR count). The van der Waals surface area contributed by atoms with Gasteiger partial charge in [-0.25, -0.2) is 4.79 Å². The summed E-state index contributed by atoms with van der Waals surface area (Å²) in [7, 11) is 0. The number of piperidine rings is 1. The molecule has 1 N–H and O–H groups in total. The fourth-order valence-electron chi connectivity index (χ4n) is 3.88. The van der Waals surface area contributed by atoms with Crippen molar-refractivity contribution in [1.82, 2.24) is 10.2 Å². The molecule has 26 heavy (non-hydrogen) atoms. The van der Waals surface area contributed by atoms with Crippen molar-refractivity contribution < 1.29 is 14.3 Å². The molecule has 5 heteroatoms. The number of hydrogen-bond acceptors (Lipinski definition) is 3. The Kier molecular flexibility index (Phi) is 5.54. The zero-order valence-electron chi connectivity index (χ0n) is 16.1. The van der Waals surface area contributed by atoms with Crippen molar-refractivity contribution >= 4 is 12.0 Å². The molecule has 1 aliphatic heterocycles. The Labute approximate surface area is 156 Å². The van der Waals surface area contributed by atoms with Crippen LogP contribution in [0.1, 0.15) is 63.6 Å². The van der Waals surface area contributed by atoms with Crippen LogP contribution in [0.2, 0.25) is 0 Å². The van der Waals surface area contributed by atoms with Gasteiger partial charge in [-0.2, -0.15) is 0 Å². The minimum absolute atomic E-state index is 0.0555. The quantitative estimate of drug-likeness (QED) is 0.874. The third kappa shape index (κ3) is 4.57. The van der Waals surface area contributed by atoms with E-state index in [-0.39, 0.29) is 24.0 Å². The predicted octanol–water partition coefficient (Wildman–Crippen LogP) is 3.83. The maximum Gasteiger partial charge on any atom is 0.410 e. The van der Waals surface area contributed by atoms with Crippen molar-refractivity contribution in [3.63, 3.8) is 0 Å². The van der Waals surface area contributed by atoms with Crippen molar-refractivity contribution in [2.75, 3.05) is 13.1 Å². The highest BCUT2D eigenvalue weighted by Gasteiger charge is 2.32. The molecule has 1 aliphatic carbocycles. The van der Waals surface area contributed by atoms with Gasteiger partial charge in [0, 0.05) is 13.1 Å². The average molecular weight is 358 g/mol. The van der Waals surface area contributed by atoms with Gasteiger partial charge in [-0.3, -0.25) is 4.79 Å². The van der Waals surface area contributed by atoms with Gasteiger partial charge in [0.05, 0.1) is 12.0 Å². The van der Waals surface area contributed by atoms with Crippen LogP contribution in [0.5, 0.6) is 0 Å². The molecule has 0 bridgehead atoms. The largest absolute Gasteiger partial charge is 0.444 e. The van der Waals surface area contributed by atoms with E-state index in [1.54, 1.807) is 4.90 Å². The van der Waals surface area contributed by atoms with E-state index in [9.17, 15) is 9.59 Å². The highest BCUT2D eigenvalue weighted by atomic mass is 16.6. The molecule has 2 aliphatic rings. The van der Waals surface area contributed by atoms with Crippen molar-refractivity contribution in [3.8, 4) is 0 Å². The number of hydrogen-bond donors (Lipinski definition) is 1. The van der Waals surface area contributed by atoms with Gasteiger partial charge in [-0.1, -0.05) is 24.3 Å². The standard InChI is InChI=1S/C21H30N2O3/c1-21(2,3)26-20(25)23-13-7-10-16(14-23)19(24)22-18-12-6-9-15-8-4-5-11-17(15)18/h4-5,8,11,16,18H,6-7,9-10,12-14H2,1-3H3,(H,22,24)/t16-,18+/m0/s1. The highest BCUT2D eigenvalue weighted by molar-refractivity contribution is 5.80. The van der Waals surface area contributed by atoms with Gasteiger partial charge in [-0.05, 0) is 64.0 Å². The van der Waals surface area contributed by atoms with Crippen LogP contribution in [0.4, 0.5) is 4.79 Å². The van der Waals surface area contributed by atoms with E-state index in [4.69, 9.17) is 4.74 Å². The molecule has 1 fully saturated rings. The number of amides is 2. The lowest BCUT2D eigenvalue weighted by atomic mass is 9.87.